The smallest absolute Gasteiger partial charge is 0.251 e. The van der Waals surface area contributed by atoms with Gasteiger partial charge in [0.1, 0.15) is 5.82 Å². The van der Waals surface area contributed by atoms with Gasteiger partial charge in [-0.2, -0.15) is 0 Å². The van der Waals surface area contributed by atoms with Crippen LogP contribution in [0.25, 0.3) is 11.0 Å². The van der Waals surface area contributed by atoms with Crippen LogP contribution >= 0.6 is 0 Å². The first-order chi connectivity index (χ1) is 16.5. The highest BCUT2D eigenvalue weighted by atomic mass is 16.5. The lowest BCUT2D eigenvalue weighted by Gasteiger charge is -2.31. The molecule has 34 heavy (non-hydrogen) atoms. The molecular weight excluding hydrogens is 436 g/mol. The number of carbonyl (C=O) groups is 2. The Morgan fingerprint density at radius 3 is 2.35 bits per heavy atom. The molecular formula is C25H30N4O5. The van der Waals surface area contributed by atoms with Gasteiger partial charge >= 0.3 is 0 Å². The Bertz CT molecular complexity index is 1110. The molecule has 2 amide bonds. The summed E-state index contributed by atoms with van der Waals surface area (Å²) in [6.07, 6.45) is 1.97. The van der Waals surface area contributed by atoms with Crippen molar-refractivity contribution in [3.63, 3.8) is 0 Å². The maximum atomic E-state index is 12.7. The van der Waals surface area contributed by atoms with Crippen LogP contribution in [0.1, 0.15) is 41.4 Å². The normalized spacial score (nSPS) is 14.1. The number of methoxy groups -OCH3 is 3. The van der Waals surface area contributed by atoms with Crippen LogP contribution in [0.2, 0.25) is 0 Å². The van der Waals surface area contributed by atoms with Crippen molar-refractivity contribution in [2.24, 2.45) is 0 Å². The molecule has 180 valence electrons. The Labute approximate surface area is 198 Å². The topological polar surface area (TPSA) is 106 Å². The number of amides is 2. The molecule has 0 saturated carbocycles. The maximum Gasteiger partial charge on any atom is 0.251 e. The van der Waals surface area contributed by atoms with Gasteiger partial charge in [0.2, 0.25) is 11.7 Å². The number of aromatic nitrogens is 2. The first-order valence-corrected chi connectivity index (χ1v) is 11.3. The van der Waals surface area contributed by atoms with Crippen molar-refractivity contribution in [2.45, 2.75) is 25.2 Å². The summed E-state index contributed by atoms with van der Waals surface area (Å²) in [6, 6.07) is 11.2. The summed E-state index contributed by atoms with van der Waals surface area (Å²) in [4.78, 5) is 35.3. The predicted molar refractivity (Wildman–Crippen MR) is 128 cm³/mol. The number of likely N-dealkylation sites (tertiary alicyclic amines) is 1. The molecule has 9 heteroatoms. The average molecular weight is 467 g/mol. The van der Waals surface area contributed by atoms with E-state index in [2.05, 4.69) is 10.3 Å². The summed E-state index contributed by atoms with van der Waals surface area (Å²) in [7, 11) is 4.50. The molecule has 0 radical (unpaired) electrons. The zero-order valence-electron chi connectivity index (χ0n) is 19.7. The molecule has 1 aromatic heterocycles. The Morgan fingerprint density at radius 2 is 1.74 bits per heavy atom. The van der Waals surface area contributed by atoms with E-state index in [9.17, 15) is 9.59 Å². The SMILES string of the molecule is COc1cc(C(=O)NCCC(=O)N2CCC(c3nc4ccccc4[nH]3)CC2)cc(OC)c1OC. The molecule has 0 bridgehead atoms. The number of hydrogen-bond donors (Lipinski definition) is 2. The van der Waals surface area contributed by atoms with Crippen LogP contribution in [-0.4, -0.2) is 67.6 Å². The molecule has 3 aromatic rings. The molecule has 1 fully saturated rings. The number of imidazole rings is 1. The van der Waals surface area contributed by atoms with Gasteiger partial charge in [-0.15, -0.1) is 0 Å². The van der Waals surface area contributed by atoms with Gasteiger partial charge in [0, 0.05) is 37.5 Å². The highest BCUT2D eigenvalue weighted by Crippen LogP contribution is 2.38. The average Bonchev–Trinajstić information content (AvgIpc) is 3.32. The number of aromatic amines is 1. The summed E-state index contributed by atoms with van der Waals surface area (Å²) in [5.74, 6) is 2.25. The van der Waals surface area contributed by atoms with E-state index in [0.717, 1.165) is 29.7 Å². The minimum Gasteiger partial charge on any atom is -0.493 e. The number of nitrogens with zero attached hydrogens (tertiary/aromatic N) is 2. The molecule has 0 aliphatic carbocycles. The Hall–Kier alpha value is -3.75. The Kier molecular flexibility index (Phi) is 7.20. The van der Waals surface area contributed by atoms with Crippen LogP contribution in [0.3, 0.4) is 0 Å². The van der Waals surface area contributed by atoms with E-state index in [4.69, 9.17) is 19.2 Å². The lowest BCUT2D eigenvalue weighted by Crippen LogP contribution is -2.39. The lowest BCUT2D eigenvalue weighted by atomic mass is 9.96. The fourth-order valence-corrected chi connectivity index (χ4v) is 4.32. The van der Waals surface area contributed by atoms with Crippen molar-refractivity contribution in [3.8, 4) is 17.2 Å². The molecule has 2 heterocycles. The molecule has 4 rings (SSSR count). The fourth-order valence-electron chi connectivity index (χ4n) is 4.32. The second-order valence-corrected chi connectivity index (χ2v) is 8.21. The number of piperidine rings is 1. The predicted octanol–water partition coefficient (Wildman–Crippen LogP) is 3.11. The van der Waals surface area contributed by atoms with E-state index in [1.807, 2.05) is 29.2 Å². The van der Waals surface area contributed by atoms with Crippen LogP contribution in [0.15, 0.2) is 36.4 Å². The van der Waals surface area contributed by atoms with Crippen molar-refractivity contribution in [3.05, 3.63) is 47.8 Å². The van der Waals surface area contributed by atoms with Gasteiger partial charge in [0.15, 0.2) is 11.5 Å². The van der Waals surface area contributed by atoms with E-state index < -0.39 is 0 Å². The number of carbonyl (C=O) groups excluding carboxylic acids is 2. The first-order valence-electron chi connectivity index (χ1n) is 11.3. The van der Waals surface area contributed by atoms with E-state index in [-0.39, 0.29) is 24.8 Å². The van der Waals surface area contributed by atoms with E-state index in [0.29, 0.717) is 41.8 Å². The van der Waals surface area contributed by atoms with Gasteiger partial charge in [-0.25, -0.2) is 4.98 Å². The van der Waals surface area contributed by atoms with Crippen LogP contribution in [0.5, 0.6) is 17.2 Å². The molecule has 1 aliphatic rings. The third-order valence-corrected chi connectivity index (χ3v) is 6.19. The van der Waals surface area contributed by atoms with Crippen molar-refractivity contribution in [2.75, 3.05) is 41.0 Å². The Morgan fingerprint density at radius 1 is 1.06 bits per heavy atom. The van der Waals surface area contributed by atoms with Gasteiger partial charge in [-0.05, 0) is 37.1 Å². The molecule has 1 saturated heterocycles. The number of hydrogen-bond acceptors (Lipinski definition) is 6. The molecule has 2 N–H and O–H groups in total. The summed E-state index contributed by atoms with van der Waals surface area (Å²) in [6.45, 7) is 1.61. The second kappa shape index (κ2) is 10.5. The highest BCUT2D eigenvalue weighted by Gasteiger charge is 2.25. The maximum absolute atomic E-state index is 12.7. The lowest BCUT2D eigenvalue weighted by molar-refractivity contribution is -0.132. The third-order valence-electron chi connectivity index (χ3n) is 6.19. The van der Waals surface area contributed by atoms with Gasteiger partial charge < -0.3 is 29.4 Å². The first kappa shape index (κ1) is 23.4. The van der Waals surface area contributed by atoms with Crippen molar-refractivity contribution in [1.29, 1.82) is 0 Å². The number of H-pyrrole nitrogens is 1. The third kappa shape index (κ3) is 4.93. The number of fused-ring (bicyclic) bond motifs is 1. The van der Waals surface area contributed by atoms with Crippen molar-refractivity contribution in [1.82, 2.24) is 20.2 Å². The minimum absolute atomic E-state index is 0.0354. The number of ether oxygens (including phenoxy) is 3. The molecule has 2 aromatic carbocycles. The van der Waals surface area contributed by atoms with Crippen LogP contribution in [-0.2, 0) is 4.79 Å². The monoisotopic (exact) mass is 466 g/mol. The van der Waals surface area contributed by atoms with Crippen LogP contribution in [0, 0.1) is 0 Å². The van der Waals surface area contributed by atoms with E-state index >= 15 is 0 Å². The number of benzene rings is 2. The van der Waals surface area contributed by atoms with Crippen LogP contribution < -0.4 is 19.5 Å². The standard InChI is InChI=1S/C25H30N4O5/c1-32-20-14-17(15-21(33-2)23(20)34-3)25(31)26-11-8-22(30)29-12-9-16(10-13-29)24-27-18-6-4-5-7-19(18)28-24/h4-7,14-16H,8-13H2,1-3H3,(H,26,31)(H,27,28). The van der Waals surface area contributed by atoms with Gasteiger partial charge in [-0.1, -0.05) is 12.1 Å². The summed E-state index contributed by atoms with van der Waals surface area (Å²) in [5, 5.41) is 2.81. The van der Waals surface area contributed by atoms with Gasteiger partial charge in [0.05, 0.1) is 32.4 Å². The molecule has 1 aliphatic heterocycles. The zero-order chi connectivity index (χ0) is 24.1. The molecule has 0 atom stereocenters. The summed E-state index contributed by atoms with van der Waals surface area (Å²) >= 11 is 0. The second-order valence-electron chi connectivity index (χ2n) is 8.21. The quantitative estimate of drug-likeness (QED) is 0.529. The van der Waals surface area contributed by atoms with E-state index in [1.54, 1.807) is 12.1 Å². The molecule has 0 unspecified atom stereocenters. The molecule has 0 spiro atoms. The van der Waals surface area contributed by atoms with Gasteiger partial charge in [0.25, 0.3) is 5.91 Å². The van der Waals surface area contributed by atoms with Crippen LogP contribution in [0.4, 0.5) is 0 Å². The number of rotatable bonds is 8. The number of nitrogens with one attached hydrogen (secondary N) is 2. The van der Waals surface area contributed by atoms with Crippen molar-refractivity contribution >= 4 is 22.8 Å². The highest BCUT2D eigenvalue weighted by molar-refractivity contribution is 5.95. The largest absolute Gasteiger partial charge is 0.493 e. The zero-order valence-corrected chi connectivity index (χ0v) is 19.7. The fraction of sp³-hybridized carbons (Fsp3) is 0.400. The van der Waals surface area contributed by atoms with Crippen molar-refractivity contribution < 1.29 is 23.8 Å². The Balaban J connectivity index is 1.27. The summed E-state index contributed by atoms with van der Waals surface area (Å²) in [5.41, 5.74) is 2.38. The summed E-state index contributed by atoms with van der Waals surface area (Å²) < 4.78 is 15.9. The number of para-hydroxylation sites is 2. The van der Waals surface area contributed by atoms with Gasteiger partial charge in [-0.3, -0.25) is 9.59 Å². The molecule has 9 nitrogen and oxygen atoms in total. The van der Waals surface area contributed by atoms with E-state index in [1.165, 1.54) is 21.3 Å². The minimum atomic E-state index is -0.310.